The molecular formula is C12H15N3O3. The van der Waals surface area contributed by atoms with Gasteiger partial charge in [-0.1, -0.05) is 0 Å². The number of nitrogens with zero attached hydrogens (tertiary/aromatic N) is 1. The van der Waals surface area contributed by atoms with Crippen molar-refractivity contribution in [2.24, 2.45) is 11.7 Å². The summed E-state index contributed by atoms with van der Waals surface area (Å²) in [5.41, 5.74) is 12.1. The zero-order chi connectivity index (χ0) is 13.3. The van der Waals surface area contributed by atoms with Crippen LogP contribution in [0.1, 0.15) is 6.42 Å². The van der Waals surface area contributed by atoms with Crippen LogP contribution in [0.3, 0.4) is 0 Å². The number of carbonyl (C=O) groups is 2. The second-order valence-electron chi connectivity index (χ2n) is 4.23. The standard InChI is InChI=1S/C12H15N3O3/c1-18-10-3-2-8(5-9(10)13)15-6-7(12(14)17)4-11(15)16/h2-3,5,7H,4,6,13H2,1H3,(H2,14,17)/t7-/m0/s1. The maximum Gasteiger partial charge on any atom is 0.227 e. The number of hydrogen-bond acceptors (Lipinski definition) is 4. The third kappa shape index (κ3) is 2.09. The lowest BCUT2D eigenvalue weighted by atomic mass is 10.1. The molecule has 18 heavy (non-hydrogen) atoms. The molecule has 1 aromatic rings. The van der Waals surface area contributed by atoms with E-state index in [0.717, 1.165) is 0 Å². The van der Waals surface area contributed by atoms with Crippen LogP contribution < -0.4 is 21.1 Å². The van der Waals surface area contributed by atoms with E-state index in [1.807, 2.05) is 0 Å². The Morgan fingerprint density at radius 3 is 2.72 bits per heavy atom. The van der Waals surface area contributed by atoms with E-state index < -0.39 is 11.8 Å². The van der Waals surface area contributed by atoms with Crippen LogP contribution in [0.4, 0.5) is 11.4 Å². The van der Waals surface area contributed by atoms with Gasteiger partial charge in [0.1, 0.15) is 5.75 Å². The SMILES string of the molecule is COc1ccc(N2C[C@@H](C(N)=O)CC2=O)cc1N. The summed E-state index contributed by atoms with van der Waals surface area (Å²) >= 11 is 0. The monoisotopic (exact) mass is 249 g/mol. The van der Waals surface area contributed by atoms with Crippen LogP contribution in [0.25, 0.3) is 0 Å². The Labute approximate surface area is 104 Å². The van der Waals surface area contributed by atoms with Gasteiger partial charge in [0, 0.05) is 18.7 Å². The fourth-order valence-corrected chi connectivity index (χ4v) is 2.04. The number of rotatable bonds is 3. The molecule has 6 nitrogen and oxygen atoms in total. The number of amides is 2. The first-order chi connectivity index (χ1) is 8.52. The van der Waals surface area contributed by atoms with Crippen molar-refractivity contribution < 1.29 is 14.3 Å². The van der Waals surface area contributed by atoms with E-state index in [0.29, 0.717) is 23.7 Å². The van der Waals surface area contributed by atoms with Gasteiger partial charge in [0.2, 0.25) is 11.8 Å². The van der Waals surface area contributed by atoms with E-state index in [2.05, 4.69) is 0 Å². The van der Waals surface area contributed by atoms with Gasteiger partial charge in [0.05, 0.1) is 18.7 Å². The molecule has 2 rings (SSSR count). The molecule has 0 spiro atoms. The summed E-state index contributed by atoms with van der Waals surface area (Å²) in [6.07, 6.45) is 0.154. The van der Waals surface area contributed by atoms with Gasteiger partial charge in [-0.15, -0.1) is 0 Å². The number of primary amides is 1. The molecule has 1 aliphatic rings. The summed E-state index contributed by atoms with van der Waals surface area (Å²) in [4.78, 5) is 24.4. The zero-order valence-corrected chi connectivity index (χ0v) is 10.1. The van der Waals surface area contributed by atoms with E-state index in [1.165, 1.54) is 12.0 Å². The largest absolute Gasteiger partial charge is 0.495 e. The van der Waals surface area contributed by atoms with E-state index >= 15 is 0 Å². The van der Waals surface area contributed by atoms with Crippen LogP contribution in [0, 0.1) is 5.92 Å². The van der Waals surface area contributed by atoms with Crippen molar-refractivity contribution in [1.29, 1.82) is 0 Å². The van der Waals surface area contributed by atoms with Crippen LogP contribution in [-0.4, -0.2) is 25.5 Å². The predicted octanol–water partition coefficient (Wildman–Crippen LogP) is 0.116. The van der Waals surface area contributed by atoms with Crippen molar-refractivity contribution in [1.82, 2.24) is 0 Å². The Kier molecular flexibility index (Phi) is 3.10. The highest BCUT2D eigenvalue weighted by Crippen LogP contribution is 2.30. The molecular weight excluding hydrogens is 234 g/mol. The van der Waals surface area contributed by atoms with E-state index in [1.54, 1.807) is 18.2 Å². The van der Waals surface area contributed by atoms with Gasteiger partial charge in [0.25, 0.3) is 0 Å². The molecule has 1 atom stereocenters. The first-order valence-electron chi connectivity index (χ1n) is 5.56. The molecule has 6 heteroatoms. The lowest BCUT2D eigenvalue weighted by molar-refractivity contribution is -0.123. The first-order valence-corrected chi connectivity index (χ1v) is 5.56. The van der Waals surface area contributed by atoms with E-state index in [9.17, 15) is 9.59 Å². The fourth-order valence-electron chi connectivity index (χ4n) is 2.04. The molecule has 0 radical (unpaired) electrons. The maximum absolute atomic E-state index is 11.8. The van der Waals surface area contributed by atoms with Gasteiger partial charge < -0.3 is 21.1 Å². The van der Waals surface area contributed by atoms with Crippen LogP contribution >= 0.6 is 0 Å². The Hall–Kier alpha value is -2.24. The highest BCUT2D eigenvalue weighted by atomic mass is 16.5. The topological polar surface area (TPSA) is 98.6 Å². The Morgan fingerprint density at radius 2 is 2.22 bits per heavy atom. The normalized spacial score (nSPS) is 19.1. The average Bonchev–Trinajstić information content (AvgIpc) is 2.71. The van der Waals surface area contributed by atoms with Crippen molar-refractivity contribution in [3.8, 4) is 5.75 Å². The first kappa shape index (κ1) is 12.2. The number of hydrogen-bond donors (Lipinski definition) is 2. The molecule has 1 heterocycles. The Bertz CT molecular complexity index is 501. The second-order valence-corrected chi connectivity index (χ2v) is 4.23. The van der Waals surface area contributed by atoms with Gasteiger partial charge in [-0.3, -0.25) is 9.59 Å². The quantitative estimate of drug-likeness (QED) is 0.743. The second kappa shape index (κ2) is 4.56. The minimum Gasteiger partial charge on any atom is -0.495 e. The molecule has 96 valence electrons. The Morgan fingerprint density at radius 1 is 1.50 bits per heavy atom. The molecule has 0 unspecified atom stereocenters. The zero-order valence-electron chi connectivity index (χ0n) is 10.1. The van der Waals surface area contributed by atoms with Crippen molar-refractivity contribution in [3.63, 3.8) is 0 Å². The molecule has 1 aromatic carbocycles. The summed E-state index contributed by atoms with van der Waals surface area (Å²) in [6.45, 7) is 0.305. The number of nitrogen functional groups attached to an aromatic ring is 1. The molecule has 0 aromatic heterocycles. The van der Waals surface area contributed by atoms with E-state index in [4.69, 9.17) is 16.2 Å². The van der Waals surface area contributed by atoms with E-state index in [-0.39, 0.29) is 12.3 Å². The fraction of sp³-hybridized carbons (Fsp3) is 0.333. The highest BCUT2D eigenvalue weighted by molar-refractivity contribution is 6.00. The van der Waals surface area contributed by atoms with Crippen LogP contribution in [-0.2, 0) is 9.59 Å². The number of methoxy groups -OCH3 is 1. The smallest absolute Gasteiger partial charge is 0.227 e. The predicted molar refractivity (Wildman–Crippen MR) is 67.1 cm³/mol. The third-order valence-electron chi connectivity index (χ3n) is 3.05. The number of ether oxygens (including phenoxy) is 1. The minimum atomic E-state index is -0.452. The number of carbonyl (C=O) groups excluding carboxylic acids is 2. The van der Waals surface area contributed by atoms with Crippen molar-refractivity contribution in [2.75, 3.05) is 24.3 Å². The molecule has 0 saturated carbocycles. The van der Waals surface area contributed by atoms with Crippen LogP contribution in [0.15, 0.2) is 18.2 Å². The van der Waals surface area contributed by atoms with Crippen molar-refractivity contribution in [3.05, 3.63) is 18.2 Å². The molecule has 1 saturated heterocycles. The van der Waals surface area contributed by atoms with Gasteiger partial charge in [-0.2, -0.15) is 0 Å². The summed E-state index contributed by atoms with van der Waals surface area (Å²) in [6, 6.07) is 5.08. The Balaban J connectivity index is 2.24. The van der Waals surface area contributed by atoms with Gasteiger partial charge in [-0.25, -0.2) is 0 Å². The number of nitrogens with two attached hydrogens (primary N) is 2. The molecule has 0 bridgehead atoms. The summed E-state index contributed by atoms with van der Waals surface area (Å²) in [5.74, 6) is -0.451. The van der Waals surface area contributed by atoms with Gasteiger partial charge in [-0.05, 0) is 18.2 Å². The molecule has 2 amide bonds. The molecule has 0 aliphatic carbocycles. The molecule has 4 N–H and O–H groups in total. The lowest BCUT2D eigenvalue weighted by Gasteiger charge is -2.17. The van der Waals surface area contributed by atoms with Crippen molar-refractivity contribution in [2.45, 2.75) is 6.42 Å². The van der Waals surface area contributed by atoms with Gasteiger partial charge in [0.15, 0.2) is 0 Å². The maximum atomic E-state index is 11.8. The molecule has 1 fully saturated rings. The summed E-state index contributed by atoms with van der Waals surface area (Å²) < 4.78 is 5.05. The van der Waals surface area contributed by atoms with Gasteiger partial charge >= 0.3 is 0 Å². The molecule has 1 aliphatic heterocycles. The number of benzene rings is 1. The highest BCUT2D eigenvalue weighted by Gasteiger charge is 2.34. The number of anilines is 2. The van der Waals surface area contributed by atoms with Crippen LogP contribution in [0.5, 0.6) is 5.75 Å². The minimum absolute atomic E-state index is 0.122. The van der Waals surface area contributed by atoms with Crippen molar-refractivity contribution >= 4 is 23.2 Å². The third-order valence-corrected chi connectivity index (χ3v) is 3.05. The lowest BCUT2D eigenvalue weighted by Crippen LogP contribution is -2.28. The van der Waals surface area contributed by atoms with Crippen LogP contribution in [0.2, 0.25) is 0 Å². The summed E-state index contributed by atoms with van der Waals surface area (Å²) in [5, 5.41) is 0. The summed E-state index contributed by atoms with van der Waals surface area (Å²) in [7, 11) is 1.52. The average molecular weight is 249 g/mol.